The van der Waals surface area contributed by atoms with Crippen molar-refractivity contribution in [1.82, 2.24) is 9.03 Å². The molecule has 0 unspecified atom stereocenters. The number of piperidine rings is 1. The smallest absolute Gasteiger partial charge is 0.279 e. The van der Waals surface area contributed by atoms with Crippen molar-refractivity contribution in [2.45, 2.75) is 64.0 Å². The van der Waals surface area contributed by atoms with Gasteiger partial charge in [0.2, 0.25) is 0 Å². The number of ether oxygens (including phenoxy) is 1. The molecule has 1 aromatic rings. The fourth-order valence-electron chi connectivity index (χ4n) is 3.55. The molecule has 0 radical (unpaired) electrons. The van der Waals surface area contributed by atoms with Crippen molar-refractivity contribution in [1.29, 1.82) is 0 Å². The van der Waals surface area contributed by atoms with Crippen LogP contribution in [0.25, 0.3) is 0 Å². The Labute approximate surface area is 145 Å². The number of hydrogen-bond donors (Lipinski definition) is 1. The van der Waals surface area contributed by atoms with Gasteiger partial charge in [-0.2, -0.15) is 17.4 Å². The van der Waals surface area contributed by atoms with Crippen LogP contribution in [0.2, 0.25) is 0 Å². The highest BCUT2D eigenvalue weighted by atomic mass is 32.2. The molecule has 1 aliphatic heterocycles. The fourth-order valence-corrected chi connectivity index (χ4v) is 5.05. The second kappa shape index (κ2) is 7.85. The van der Waals surface area contributed by atoms with Gasteiger partial charge in [0.05, 0.1) is 0 Å². The van der Waals surface area contributed by atoms with Crippen LogP contribution in [0.4, 0.5) is 0 Å². The molecule has 0 atom stereocenters. The van der Waals surface area contributed by atoms with Gasteiger partial charge in [-0.05, 0) is 49.8 Å². The lowest BCUT2D eigenvalue weighted by Crippen LogP contribution is -2.49. The maximum Gasteiger partial charge on any atom is 0.279 e. The quantitative estimate of drug-likeness (QED) is 0.856. The molecule has 2 aliphatic rings. The highest BCUT2D eigenvalue weighted by Gasteiger charge is 2.31. The molecule has 134 valence electrons. The van der Waals surface area contributed by atoms with Crippen LogP contribution in [0.1, 0.15) is 51.0 Å². The summed E-state index contributed by atoms with van der Waals surface area (Å²) in [6.07, 6.45) is 6.74. The molecule has 1 aliphatic carbocycles. The molecule has 1 N–H and O–H groups in total. The Hall–Kier alpha value is -1.11. The van der Waals surface area contributed by atoms with Crippen molar-refractivity contribution in [2.24, 2.45) is 0 Å². The molecule has 1 heterocycles. The molecule has 0 spiro atoms. The van der Waals surface area contributed by atoms with E-state index in [9.17, 15) is 8.42 Å². The molecule has 1 saturated heterocycles. The minimum absolute atomic E-state index is 0.0926. The van der Waals surface area contributed by atoms with Gasteiger partial charge in [0.1, 0.15) is 11.9 Å². The minimum atomic E-state index is -3.35. The van der Waals surface area contributed by atoms with E-state index in [-0.39, 0.29) is 12.1 Å². The first-order chi connectivity index (χ1) is 11.6. The van der Waals surface area contributed by atoms with Gasteiger partial charge < -0.3 is 4.74 Å². The summed E-state index contributed by atoms with van der Waals surface area (Å²) in [4.78, 5) is 0. The average molecular weight is 353 g/mol. The van der Waals surface area contributed by atoms with Crippen molar-refractivity contribution < 1.29 is 13.2 Å². The van der Waals surface area contributed by atoms with Crippen LogP contribution in [-0.2, 0) is 16.6 Å². The highest BCUT2D eigenvalue weighted by molar-refractivity contribution is 7.87. The molecule has 1 aromatic carbocycles. The molecule has 2 fully saturated rings. The van der Waals surface area contributed by atoms with Gasteiger partial charge in [0, 0.05) is 19.1 Å². The van der Waals surface area contributed by atoms with E-state index in [0.717, 1.165) is 50.7 Å². The second-order valence-electron chi connectivity index (χ2n) is 6.82. The van der Waals surface area contributed by atoms with Crippen molar-refractivity contribution in [2.75, 3.05) is 13.1 Å². The van der Waals surface area contributed by atoms with E-state index in [2.05, 4.69) is 23.8 Å². The molecule has 24 heavy (non-hydrogen) atoms. The molecule has 0 bridgehead atoms. The van der Waals surface area contributed by atoms with Gasteiger partial charge >= 0.3 is 0 Å². The monoisotopic (exact) mass is 352 g/mol. The van der Waals surface area contributed by atoms with Crippen LogP contribution in [-0.4, -0.2) is 38.0 Å². The molecule has 0 aromatic heterocycles. The fraction of sp³-hybridized carbons (Fsp3) is 0.667. The van der Waals surface area contributed by atoms with E-state index in [1.807, 2.05) is 12.1 Å². The molecule has 3 rings (SSSR count). The third-order valence-corrected chi connectivity index (χ3v) is 6.70. The van der Waals surface area contributed by atoms with Gasteiger partial charge in [-0.1, -0.05) is 31.9 Å². The first-order valence-corrected chi connectivity index (χ1v) is 10.5. The Balaban J connectivity index is 1.51. The first kappa shape index (κ1) is 17.7. The number of hydrogen-bond acceptors (Lipinski definition) is 3. The van der Waals surface area contributed by atoms with Gasteiger partial charge in [0.15, 0.2) is 0 Å². The van der Waals surface area contributed by atoms with Crippen LogP contribution < -0.4 is 9.46 Å². The summed E-state index contributed by atoms with van der Waals surface area (Å²) >= 11 is 0. The molecule has 6 heteroatoms. The van der Waals surface area contributed by atoms with Crippen molar-refractivity contribution in [3.05, 3.63) is 29.8 Å². The summed E-state index contributed by atoms with van der Waals surface area (Å²) in [6.45, 7) is 3.18. The van der Waals surface area contributed by atoms with E-state index in [4.69, 9.17) is 4.74 Å². The Bertz CT molecular complexity index is 633. The van der Waals surface area contributed by atoms with Gasteiger partial charge in [-0.15, -0.1) is 0 Å². The van der Waals surface area contributed by atoms with Gasteiger partial charge in [-0.25, -0.2) is 0 Å². The molecule has 5 nitrogen and oxygen atoms in total. The van der Waals surface area contributed by atoms with Crippen LogP contribution >= 0.6 is 0 Å². The minimum Gasteiger partial charge on any atom is -0.490 e. The normalized spacial score (nSPS) is 21.2. The number of benzene rings is 1. The Morgan fingerprint density at radius 1 is 1.17 bits per heavy atom. The van der Waals surface area contributed by atoms with Crippen LogP contribution in [0, 0.1) is 0 Å². The number of nitrogens with one attached hydrogen (secondary N) is 1. The van der Waals surface area contributed by atoms with Crippen LogP contribution in [0.5, 0.6) is 5.75 Å². The molecular formula is C18H28N2O3S. The SMILES string of the molecule is CCc1cccc(OC2CCN(S(=O)(=O)NC3CCCC3)CC2)c1. The number of aryl methyl sites for hydroxylation is 1. The Morgan fingerprint density at radius 2 is 1.88 bits per heavy atom. The standard InChI is InChI=1S/C18H28N2O3S/c1-2-15-6-5-9-18(14-15)23-17-10-12-20(13-11-17)24(21,22)19-16-7-3-4-8-16/h5-6,9,14,16-17,19H,2-4,7-8,10-13H2,1H3. The Morgan fingerprint density at radius 3 is 2.54 bits per heavy atom. The van der Waals surface area contributed by atoms with E-state index in [1.165, 1.54) is 5.56 Å². The zero-order valence-corrected chi connectivity index (χ0v) is 15.2. The lowest BCUT2D eigenvalue weighted by atomic mass is 10.1. The third kappa shape index (κ3) is 4.49. The lowest BCUT2D eigenvalue weighted by Gasteiger charge is -2.32. The largest absolute Gasteiger partial charge is 0.490 e. The van der Waals surface area contributed by atoms with Crippen molar-refractivity contribution in [3.8, 4) is 5.75 Å². The molecule has 1 saturated carbocycles. The van der Waals surface area contributed by atoms with Gasteiger partial charge in [-0.3, -0.25) is 0 Å². The number of rotatable bonds is 6. The predicted octanol–water partition coefficient (Wildman–Crippen LogP) is 2.87. The Kier molecular flexibility index (Phi) is 5.79. The first-order valence-electron chi connectivity index (χ1n) is 9.10. The van der Waals surface area contributed by atoms with Gasteiger partial charge in [0.25, 0.3) is 10.2 Å². The van der Waals surface area contributed by atoms with E-state index < -0.39 is 10.2 Å². The highest BCUT2D eigenvalue weighted by Crippen LogP contribution is 2.23. The predicted molar refractivity (Wildman–Crippen MR) is 95.4 cm³/mol. The zero-order valence-electron chi connectivity index (χ0n) is 14.4. The maximum atomic E-state index is 12.5. The second-order valence-corrected chi connectivity index (χ2v) is 8.52. The summed E-state index contributed by atoms with van der Waals surface area (Å²) in [5.74, 6) is 0.889. The average Bonchev–Trinajstić information content (AvgIpc) is 3.08. The van der Waals surface area contributed by atoms with E-state index >= 15 is 0 Å². The summed E-state index contributed by atoms with van der Waals surface area (Å²) in [5, 5.41) is 0. The summed E-state index contributed by atoms with van der Waals surface area (Å²) in [7, 11) is -3.35. The topological polar surface area (TPSA) is 58.6 Å². The molecule has 0 amide bonds. The van der Waals surface area contributed by atoms with E-state index in [1.54, 1.807) is 4.31 Å². The van der Waals surface area contributed by atoms with Crippen molar-refractivity contribution in [3.63, 3.8) is 0 Å². The van der Waals surface area contributed by atoms with E-state index in [0.29, 0.717) is 13.1 Å². The number of nitrogens with zero attached hydrogens (tertiary/aromatic N) is 1. The maximum absolute atomic E-state index is 12.5. The third-order valence-electron chi connectivity index (χ3n) is 5.02. The summed E-state index contributed by atoms with van der Waals surface area (Å²) < 4.78 is 35.4. The summed E-state index contributed by atoms with van der Waals surface area (Å²) in [5.41, 5.74) is 1.26. The lowest BCUT2D eigenvalue weighted by molar-refractivity contribution is 0.134. The summed E-state index contributed by atoms with van der Waals surface area (Å²) in [6, 6.07) is 8.28. The van der Waals surface area contributed by atoms with Crippen LogP contribution in [0.3, 0.4) is 0 Å². The van der Waals surface area contributed by atoms with Crippen LogP contribution in [0.15, 0.2) is 24.3 Å². The zero-order chi connectivity index (χ0) is 17.0. The molecular weight excluding hydrogens is 324 g/mol. The van der Waals surface area contributed by atoms with Crippen molar-refractivity contribution >= 4 is 10.2 Å².